The second-order valence-electron chi connectivity index (χ2n) is 6.06. The van der Waals surface area contributed by atoms with Crippen molar-refractivity contribution in [2.24, 2.45) is 17.8 Å². The van der Waals surface area contributed by atoms with Crippen LogP contribution < -0.4 is 0 Å². The van der Waals surface area contributed by atoms with Crippen molar-refractivity contribution in [3.05, 3.63) is 36.0 Å². The summed E-state index contributed by atoms with van der Waals surface area (Å²) in [6.45, 7) is 3.93. The Hall–Kier alpha value is -0.780. The van der Waals surface area contributed by atoms with Gasteiger partial charge in [-0.1, -0.05) is 30.2 Å². The number of allylic oxidation sites excluding steroid dienone is 5. The van der Waals surface area contributed by atoms with Gasteiger partial charge < -0.3 is 0 Å². The summed E-state index contributed by atoms with van der Waals surface area (Å²) < 4.78 is 0. The van der Waals surface area contributed by atoms with Gasteiger partial charge in [-0.15, -0.1) is 6.58 Å². The van der Waals surface area contributed by atoms with E-state index in [2.05, 4.69) is 24.8 Å². The van der Waals surface area contributed by atoms with Gasteiger partial charge in [-0.05, 0) is 68.3 Å². The zero-order valence-electron chi connectivity index (χ0n) is 10.8. The molecule has 0 aromatic carbocycles. The molecule has 0 radical (unpaired) electrons. The van der Waals surface area contributed by atoms with E-state index in [4.69, 9.17) is 0 Å². The minimum atomic E-state index is 0.815. The summed E-state index contributed by atoms with van der Waals surface area (Å²) >= 11 is 0. The highest BCUT2D eigenvalue weighted by Gasteiger charge is 2.33. The first-order valence-electron chi connectivity index (χ1n) is 7.41. The predicted octanol–water partition coefficient (Wildman–Crippen LogP) is 5.04. The average molecular weight is 228 g/mol. The third-order valence-electron chi connectivity index (χ3n) is 5.01. The molecule has 1 fully saturated rings. The van der Waals surface area contributed by atoms with Gasteiger partial charge in [0.15, 0.2) is 0 Å². The van der Waals surface area contributed by atoms with Crippen molar-refractivity contribution in [3.63, 3.8) is 0 Å². The first-order chi connectivity index (χ1) is 8.38. The lowest BCUT2D eigenvalue weighted by molar-refractivity contribution is 0.299. The molecule has 3 unspecified atom stereocenters. The van der Waals surface area contributed by atoms with E-state index in [1.54, 1.807) is 11.1 Å². The lowest BCUT2D eigenvalue weighted by atomic mass is 9.65. The van der Waals surface area contributed by atoms with Crippen molar-refractivity contribution >= 4 is 0 Å². The van der Waals surface area contributed by atoms with Crippen LogP contribution in [0.3, 0.4) is 0 Å². The minimum absolute atomic E-state index is 0.815. The van der Waals surface area contributed by atoms with Gasteiger partial charge in [0.05, 0.1) is 0 Å². The average Bonchev–Trinajstić information content (AvgIpc) is 2.37. The van der Waals surface area contributed by atoms with E-state index >= 15 is 0 Å². The third kappa shape index (κ3) is 2.14. The van der Waals surface area contributed by atoms with E-state index in [-0.39, 0.29) is 0 Å². The second-order valence-corrected chi connectivity index (χ2v) is 6.06. The van der Waals surface area contributed by atoms with Crippen molar-refractivity contribution in [3.8, 4) is 0 Å². The molecule has 3 rings (SSSR count). The highest BCUT2D eigenvalue weighted by atomic mass is 14.4. The summed E-state index contributed by atoms with van der Waals surface area (Å²) in [5, 5.41) is 0. The Labute approximate surface area is 105 Å². The highest BCUT2D eigenvalue weighted by Crippen LogP contribution is 2.47. The Morgan fingerprint density at radius 3 is 2.94 bits per heavy atom. The van der Waals surface area contributed by atoms with Crippen molar-refractivity contribution < 1.29 is 0 Å². The maximum atomic E-state index is 3.93. The SMILES string of the molecule is C=CCC1CCCC2CC3CCCC=C3C=C12. The lowest BCUT2D eigenvalue weighted by Gasteiger charge is -2.40. The summed E-state index contributed by atoms with van der Waals surface area (Å²) in [6, 6.07) is 0. The fraction of sp³-hybridized carbons (Fsp3) is 0.647. The van der Waals surface area contributed by atoms with E-state index in [9.17, 15) is 0 Å². The molecule has 3 aliphatic rings. The molecule has 0 saturated heterocycles. The Balaban J connectivity index is 1.88. The van der Waals surface area contributed by atoms with Crippen molar-refractivity contribution in [2.45, 2.75) is 51.4 Å². The predicted molar refractivity (Wildman–Crippen MR) is 73.8 cm³/mol. The Morgan fingerprint density at radius 1 is 1.18 bits per heavy atom. The smallest absolute Gasteiger partial charge is 0.0159 e. The molecule has 0 amide bonds. The van der Waals surface area contributed by atoms with E-state index in [1.165, 1.54) is 51.4 Å². The molecule has 0 bridgehead atoms. The van der Waals surface area contributed by atoms with Crippen LogP contribution in [0.5, 0.6) is 0 Å². The highest BCUT2D eigenvalue weighted by molar-refractivity contribution is 5.34. The van der Waals surface area contributed by atoms with Crippen LogP contribution in [0, 0.1) is 17.8 Å². The van der Waals surface area contributed by atoms with Crippen LogP contribution in [0.4, 0.5) is 0 Å². The Kier molecular flexibility index (Phi) is 3.22. The Bertz CT molecular complexity index is 358. The second kappa shape index (κ2) is 4.84. The molecule has 0 aromatic rings. The largest absolute Gasteiger partial charge is 0.103 e. The minimum Gasteiger partial charge on any atom is -0.103 e. The van der Waals surface area contributed by atoms with E-state index in [0.717, 1.165) is 17.8 Å². The third-order valence-corrected chi connectivity index (χ3v) is 5.01. The quantitative estimate of drug-likeness (QED) is 0.581. The fourth-order valence-corrected chi connectivity index (χ4v) is 4.15. The molecule has 3 atom stereocenters. The summed E-state index contributed by atoms with van der Waals surface area (Å²) in [4.78, 5) is 0. The van der Waals surface area contributed by atoms with Crippen LogP contribution in [0.1, 0.15) is 51.4 Å². The van der Waals surface area contributed by atoms with Gasteiger partial charge in [-0.25, -0.2) is 0 Å². The van der Waals surface area contributed by atoms with Crippen LogP contribution in [-0.2, 0) is 0 Å². The number of hydrogen-bond donors (Lipinski definition) is 0. The summed E-state index contributed by atoms with van der Waals surface area (Å²) in [7, 11) is 0. The van der Waals surface area contributed by atoms with Crippen LogP contribution in [-0.4, -0.2) is 0 Å². The van der Waals surface area contributed by atoms with Crippen molar-refractivity contribution in [1.82, 2.24) is 0 Å². The molecule has 0 aromatic heterocycles. The maximum absolute atomic E-state index is 3.93. The van der Waals surface area contributed by atoms with Gasteiger partial charge in [0.1, 0.15) is 0 Å². The van der Waals surface area contributed by atoms with Crippen LogP contribution in [0.2, 0.25) is 0 Å². The summed E-state index contributed by atoms with van der Waals surface area (Å²) in [6.07, 6.45) is 18.3. The number of hydrogen-bond acceptors (Lipinski definition) is 0. The molecule has 92 valence electrons. The van der Waals surface area contributed by atoms with Crippen LogP contribution in [0.15, 0.2) is 36.0 Å². The standard InChI is InChI=1S/C17H24/c1-2-6-13-9-5-10-16-11-14-7-3-4-8-15(14)12-17(13)16/h2,8,12-14,16H,1,3-7,9-11H2. The van der Waals surface area contributed by atoms with Gasteiger partial charge in [0.25, 0.3) is 0 Å². The summed E-state index contributed by atoms with van der Waals surface area (Å²) in [5.41, 5.74) is 3.46. The van der Waals surface area contributed by atoms with Crippen molar-refractivity contribution in [1.29, 1.82) is 0 Å². The van der Waals surface area contributed by atoms with Crippen LogP contribution >= 0.6 is 0 Å². The van der Waals surface area contributed by atoms with Gasteiger partial charge in [0.2, 0.25) is 0 Å². The zero-order chi connectivity index (χ0) is 11.7. The molecule has 0 heteroatoms. The number of rotatable bonds is 2. The fourth-order valence-electron chi connectivity index (χ4n) is 4.15. The van der Waals surface area contributed by atoms with Gasteiger partial charge in [0, 0.05) is 0 Å². The molecule has 0 aliphatic heterocycles. The maximum Gasteiger partial charge on any atom is -0.0159 e. The molecule has 0 spiro atoms. The van der Waals surface area contributed by atoms with E-state index < -0.39 is 0 Å². The van der Waals surface area contributed by atoms with Gasteiger partial charge >= 0.3 is 0 Å². The molecular formula is C17H24. The molecule has 17 heavy (non-hydrogen) atoms. The first-order valence-corrected chi connectivity index (χ1v) is 7.41. The summed E-state index contributed by atoms with van der Waals surface area (Å²) in [5.74, 6) is 2.63. The molecule has 3 aliphatic carbocycles. The zero-order valence-corrected chi connectivity index (χ0v) is 10.8. The monoisotopic (exact) mass is 228 g/mol. The van der Waals surface area contributed by atoms with Gasteiger partial charge in [-0.3, -0.25) is 0 Å². The lowest BCUT2D eigenvalue weighted by Crippen LogP contribution is -2.27. The van der Waals surface area contributed by atoms with E-state index in [1.807, 2.05) is 0 Å². The normalized spacial score (nSPS) is 36.4. The van der Waals surface area contributed by atoms with Gasteiger partial charge in [-0.2, -0.15) is 0 Å². The molecular weight excluding hydrogens is 204 g/mol. The molecule has 0 nitrogen and oxygen atoms in total. The topological polar surface area (TPSA) is 0 Å². The first kappa shape index (κ1) is 11.3. The molecule has 0 heterocycles. The van der Waals surface area contributed by atoms with E-state index in [0.29, 0.717) is 0 Å². The Morgan fingerprint density at radius 2 is 2.06 bits per heavy atom. The molecule has 0 N–H and O–H groups in total. The molecule has 1 saturated carbocycles. The van der Waals surface area contributed by atoms with Crippen molar-refractivity contribution in [2.75, 3.05) is 0 Å². The van der Waals surface area contributed by atoms with Crippen LogP contribution in [0.25, 0.3) is 0 Å². The number of fused-ring (bicyclic) bond motifs is 2.